The van der Waals surface area contributed by atoms with Crippen LogP contribution in [0.1, 0.15) is 30.2 Å². The Morgan fingerprint density at radius 2 is 2.15 bits per heavy atom. The predicted molar refractivity (Wildman–Crippen MR) is 80.6 cm³/mol. The summed E-state index contributed by atoms with van der Waals surface area (Å²) >= 11 is 1.49. The summed E-state index contributed by atoms with van der Waals surface area (Å²) in [6.45, 7) is 5.27. The lowest BCUT2D eigenvalue weighted by Crippen LogP contribution is -2.47. The zero-order valence-electron chi connectivity index (χ0n) is 12.1. The number of hydrogen-bond acceptors (Lipinski definition) is 5. The average molecular weight is 318 g/mol. The lowest BCUT2D eigenvalue weighted by molar-refractivity contribution is 0.0236. The number of methoxy groups -OCH3 is 1. The van der Waals surface area contributed by atoms with E-state index in [4.69, 9.17) is 4.74 Å². The number of sulfonamides is 1. The van der Waals surface area contributed by atoms with E-state index >= 15 is 0 Å². The summed E-state index contributed by atoms with van der Waals surface area (Å²) in [7, 11) is -1.78. The fourth-order valence-electron chi connectivity index (χ4n) is 2.34. The highest BCUT2D eigenvalue weighted by atomic mass is 32.2. The smallest absolute Gasteiger partial charge is 0.242 e. The second kappa shape index (κ2) is 6.53. The number of ether oxygens (including phenoxy) is 1. The van der Waals surface area contributed by atoms with Crippen LogP contribution in [0.2, 0.25) is 0 Å². The molecule has 0 saturated heterocycles. The summed E-state index contributed by atoms with van der Waals surface area (Å²) in [6, 6.07) is -0.00349. The van der Waals surface area contributed by atoms with Crippen LogP contribution in [0.5, 0.6) is 0 Å². The van der Waals surface area contributed by atoms with Crippen LogP contribution >= 0.6 is 11.3 Å². The summed E-state index contributed by atoms with van der Waals surface area (Å²) in [4.78, 5) is 1.32. The van der Waals surface area contributed by atoms with Gasteiger partial charge in [-0.05, 0) is 37.3 Å². The second-order valence-corrected chi connectivity index (χ2v) is 7.71. The van der Waals surface area contributed by atoms with Crippen molar-refractivity contribution in [3.8, 4) is 0 Å². The average Bonchev–Trinajstić information content (AvgIpc) is 2.72. The Balaban J connectivity index is 2.11. The maximum Gasteiger partial charge on any atom is 0.242 e. The Morgan fingerprint density at radius 1 is 1.45 bits per heavy atom. The number of nitrogens with one attached hydrogen (secondary N) is 2. The summed E-state index contributed by atoms with van der Waals surface area (Å²) in [5, 5.41) is 5.09. The normalized spacial score (nSPS) is 22.8. The molecule has 114 valence electrons. The van der Waals surface area contributed by atoms with E-state index in [9.17, 15) is 8.42 Å². The van der Waals surface area contributed by atoms with Gasteiger partial charge in [0.25, 0.3) is 0 Å². The molecule has 0 spiro atoms. The fourth-order valence-corrected chi connectivity index (χ4v) is 5.38. The van der Waals surface area contributed by atoms with E-state index in [0.29, 0.717) is 11.4 Å². The van der Waals surface area contributed by atoms with Gasteiger partial charge in [-0.3, -0.25) is 0 Å². The molecule has 1 aromatic heterocycles. The Hall–Kier alpha value is -0.470. The van der Waals surface area contributed by atoms with Crippen LogP contribution in [0.15, 0.2) is 10.3 Å². The van der Waals surface area contributed by atoms with Gasteiger partial charge in [-0.25, -0.2) is 13.1 Å². The summed E-state index contributed by atoms with van der Waals surface area (Å²) in [6.07, 6.45) is 1.69. The van der Waals surface area contributed by atoms with Crippen LogP contribution in [0, 0.1) is 6.92 Å². The topological polar surface area (TPSA) is 67.4 Å². The molecule has 0 amide bonds. The Kier molecular flexibility index (Phi) is 5.19. The van der Waals surface area contributed by atoms with Crippen LogP contribution in [0.25, 0.3) is 0 Å². The van der Waals surface area contributed by atoms with E-state index in [0.717, 1.165) is 29.8 Å². The molecule has 1 fully saturated rings. The van der Waals surface area contributed by atoms with Crippen molar-refractivity contribution in [3.05, 3.63) is 15.8 Å². The van der Waals surface area contributed by atoms with Crippen molar-refractivity contribution in [2.45, 2.75) is 50.3 Å². The second-order valence-electron chi connectivity index (χ2n) is 5.10. The molecule has 1 aliphatic carbocycles. The van der Waals surface area contributed by atoms with Crippen molar-refractivity contribution >= 4 is 21.4 Å². The maximum atomic E-state index is 12.5. The SMILES string of the molecule is CCNCc1scc(C)c1S(=O)(=O)NC1CC(OC)C1. The van der Waals surface area contributed by atoms with E-state index in [-0.39, 0.29) is 12.1 Å². The molecular weight excluding hydrogens is 296 g/mol. The van der Waals surface area contributed by atoms with E-state index in [1.54, 1.807) is 7.11 Å². The minimum Gasteiger partial charge on any atom is -0.381 e. The van der Waals surface area contributed by atoms with Gasteiger partial charge in [0.2, 0.25) is 10.0 Å². The molecule has 0 atom stereocenters. The molecule has 2 rings (SSSR count). The highest BCUT2D eigenvalue weighted by Gasteiger charge is 2.34. The number of aryl methyl sites for hydroxylation is 1. The van der Waals surface area contributed by atoms with Crippen molar-refractivity contribution in [2.24, 2.45) is 0 Å². The molecule has 1 saturated carbocycles. The van der Waals surface area contributed by atoms with Crippen LogP contribution < -0.4 is 10.0 Å². The molecule has 20 heavy (non-hydrogen) atoms. The molecule has 0 aliphatic heterocycles. The third-order valence-corrected chi connectivity index (χ3v) is 6.53. The molecule has 0 radical (unpaired) electrons. The van der Waals surface area contributed by atoms with E-state index < -0.39 is 10.0 Å². The number of rotatable bonds is 7. The van der Waals surface area contributed by atoms with Gasteiger partial charge in [0, 0.05) is 24.6 Å². The molecule has 1 aromatic rings. The molecule has 5 nitrogen and oxygen atoms in total. The molecule has 2 N–H and O–H groups in total. The first-order chi connectivity index (χ1) is 9.47. The third kappa shape index (κ3) is 3.40. The minimum absolute atomic E-state index is 0.00349. The zero-order valence-corrected chi connectivity index (χ0v) is 13.7. The standard InChI is InChI=1S/C13H22N2O3S2/c1-4-14-7-12-13(9(2)8-19-12)20(16,17)15-10-5-11(6-10)18-3/h8,10-11,14-15H,4-7H2,1-3H3. The van der Waals surface area contributed by atoms with Gasteiger partial charge in [0.1, 0.15) is 4.90 Å². The molecule has 0 unspecified atom stereocenters. The fraction of sp³-hybridized carbons (Fsp3) is 0.692. The van der Waals surface area contributed by atoms with Gasteiger partial charge >= 0.3 is 0 Å². The Morgan fingerprint density at radius 3 is 2.75 bits per heavy atom. The molecule has 0 aromatic carbocycles. The van der Waals surface area contributed by atoms with Crippen LogP contribution in [-0.2, 0) is 21.3 Å². The van der Waals surface area contributed by atoms with E-state index in [1.165, 1.54) is 11.3 Å². The van der Waals surface area contributed by atoms with Gasteiger partial charge in [-0.1, -0.05) is 6.92 Å². The van der Waals surface area contributed by atoms with Gasteiger partial charge in [-0.15, -0.1) is 11.3 Å². The van der Waals surface area contributed by atoms with Gasteiger partial charge in [-0.2, -0.15) is 0 Å². The largest absolute Gasteiger partial charge is 0.381 e. The summed E-state index contributed by atoms with van der Waals surface area (Å²) in [5.74, 6) is 0. The molecule has 1 heterocycles. The lowest BCUT2D eigenvalue weighted by atomic mass is 9.90. The van der Waals surface area contributed by atoms with Crippen LogP contribution in [0.4, 0.5) is 0 Å². The highest BCUT2D eigenvalue weighted by molar-refractivity contribution is 7.89. The molecule has 0 bridgehead atoms. The van der Waals surface area contributed by atoms with Gasteiger partial charge in [0.15, 0.2) is 0 Å². The van der Waals surface area contributed by atoms with Crippen molar-refractivity contribution in [2.75, 3.05) is 13.7 Å². The maximum absolute atomic E-state index is 12.5. The first kappa shape index (κ1) is 15.9. The third-order valence-electron chi connectivity index (χ3n) is 3.54. The quantitative estimate of drug-likeness (QED) is 0.802. The first-order valence-corrected chi connectivity index (χ1v) is 9.17. The summed E-state index contributed by atoms with van der Waals surface area (Å²) < 4.78 is 33.0. The van der Waals surface area contributed by atoms with Gasteiger partial charge < -0.3 is 10.1 Å². The van der Waals surface area contributed by atoms with Crippen LogP contribution in [0.3, 0.4) is 0 Å². The van der Waals surface area contributed by atoms with E-state index in [2.05, 4.69) is 10.0 Å². The predicted octanol–water partition coefficient (Wildman–Crippen LogP) is 1.62. The van der Waals surface area contributed by atoms with E-state index in [1.807, 2.05) is 19.2 Å². The number of thiophene rings is 1. The van der Waals surface area contributed by atoms with Crippen molar-refractivity contribution in [1.82, 2.24) is 10.0 Å². The molecular formula is C13H22N2O3S2. The van der Waals surface area contributed by atoms with Crippen molar-refractivity contribution < 1.29 is 13.2 Å². The van der Waals surface area contributed by atoms with Crippen molar-refractivity contribution in [3.63, 3.8) is 0 Å². The molecule has 7 heteroatoms. The van der Waals surface area contributed by atoms with Crippen molar-refractivity contribution in [1.29, 1.82) is 0 Å². The minimum atomic E-state index is -3.44. The van der Waals surface area contributed by atoms with Gasteiger partial charge in [0.05, 0.1) is 6.10 Å². The number of hydrogen-bond donors (Lipinski definition) is 2. The summed E-state index contributed by atoms with van der Waals surface area (Å²) in [5.41, 5.74) is 0.818. The monoisotopic (exact) mass is 318 g/mol. The first-order valence-electron chi connectivity index (χ1n) is 6.80. The van der Waals surface area contributed by atoms with Crippen LogP contribution in [-0.4, -0.2) is 34.2 Å². The zero-order chi connectivity index (χ0) is 14.8. The molecule has 1 aliphatic rings. The Bertz CT molecular complexity index is 548. The lowest BCUT2D eigenvalue weighted by Gasteiger charge is -2.34. The Labute approximate surface area is 124 Å². The highest BCUT2D eigenvalue weighted by Crippen LogP contribution is 2.29.